The molecule has 3 nitrogen and oxygen atoms in total. The Morgan fingerprint density at radius 2 is 1.73 bits per heavy atom. The van der Waals surface area contributed by atoms with Crippen molar-refractivity contribution in [1.82, 2.24) is 14.9 Å². The number of fused-ring (bicyclic) bond motifs is 1. The molecule has 1 N–H and O–H groups in total. The molecule has 0 saturated carbocycles. The number of nitrogens with one attached hydrogen (secondary N) is 1. The van der Waals surface area contributed by atoms with Crippen molar-refractivity contribution in [2.24, 2.45) is 0 Å². The molecular weight excluding hydrogens is 360 g/mol. The first kappa shape index (κ1) is 18.8. The van der Waals surface area contributed by atoms with E-state index >= 15 is 0 Å². The largest absolute Gasteiger partial charge is 0.449 e. The Bertz CT molecular complexity index is 774. The van der Waals surface area contributed by atoms with E-state index in [1.165, 1.54) is 16.7 Å². The molecule has 0 aliphatic carbocycles. The van der Waals surface area contributed by atoms with Crippen LogP contribution in [-0.2, 0) is 25.3 Å². The Balaban J connectivity index is 1.76. The fourth-order valence-corrected chi connectivity index (χ4v) is 3.33. The summed E-state index contributed by atoms with van der Waals surface area (Å²) in [7, 11) is 0. The third-order valence-corrected chi connectivity index (χ3v) is 4.50. The van der Waals surface area contributed by atoms with Crippen LogP contribution in [0.1, 0.15) is 40.8 Å². The normalized spacial score (nSPS) is 18.0. The van der Waals surface area contributed by atoms with Crippen molar-refractivity contribution < 1.29 is 26.3 Å². The summed E-state index contributed by atoms with van der Waals surface area (Å²) in [5.41, 5.74) is 0.795. The minimum atomic E-state index is -4.52. The molecular formula is C17H17F6N3. The van der Waals surface area contributed by atoms with Crippen LogP contribution in [0.2, 0.25) is 0 Å². The van der Waals surface area contributed by atoms with Gasteiger partial charge in [-0.2, -0.15) is 26.3 Å². The molecule has 0 amide bonds. The first-order valence-corrected chi connectivity index (χ1v) is 8.11. The topological polar surface area (TPSA) is 29.9 Å². The molecule has 3 rings (SSSR count). The summed E-state index contributed by atoms with van der Waals surface area (Å²) in [4.78, 5) is 3.68. The fraction of sp³-hybridized carbons (Fsp3) is 0.471. The Labute approximate surface area is 146 Å². The number of aryl methyl sites for hydroxylation is 2. The van der Waals surface area contributed by atoms with Crippen LogP contribution in [0.25, 0.3) is 0 Å². The minimum Gasteiger partial charge on any atom is -0.321 e. The molecule has 1 aliphatic heterocycles. The Morgan fingerprint density at radius 3 is 2.31 bits per heavy atom. The predicted octanol–water partition coefficient (Wildman–Crippen LogP) is 4.51. The monoisotopic (exact) mass is 377 g/mol. The Kier molecular flexibility index (Phi) is 4.76. The lowest BCUT2D eigenvalue weighted by atomic mass is 9.99. The van der Waals surface area contributed by atoms with E-state index in [1.54, 1.807) is 6.92 Å². The van der Waals surface area contributed by atoms with Gasteiger partial charge in [-0.1, -0.05) is 12.1 Å². The molecule has 1 unspecified atom stereocenters. The van der Waals surface area contributed by atoms with Gasteiger partial charge in [0, 0.05) is 19.1 Å². The fourth-order valence-electron chi connectivity index (χ4n) is 3.33. The van der Waals surface area contributed by atoms with Gasteiger partial charge in [-0.3, -0.25) is 0 Å². The van der Waals surface area contributed by atoms with Gasteiger partial charge in [0.1, 0.15) is 0 Å². The van der Waals surface area contributed by atoms with Gasteiger partial charge >= 0.3 is 12.4 Å². The second kappa shape index (κ2) is 6.61. The van der Waals surface area contributed by atoms with E-state index in [-0.39, 0.29) is 12.6 Å². The van der Waals surface area contributed by atoms with Crippen LogP contribution >= 0.6 is 0 Å². The SMILES string of the molecule is Cc1nc(C(F)(F)F)n2c1C(CCc1ccc(C(F)(F)F)cc1)NCC2. The number of alkyl halides is 6. The molecule has 9 heteroatoms. The van der Waals surface area contributed by atoms with E-state index in [1.807, 2.05) is 0 Å². The number of imidazole rings is 1. The molecule has 0 saturated heterocycles. The summed E-state index contributed by atoms with van der Waals surface area (Å²) in [5.74, 6) is -0.897. The quantitative estimate of drug-likeness (QED) is 0.798. The van der Waals surface area contributed by atoms with Gasteiger partial charge in [0.2, 0.25) is 5.82 Å². The highest BCUT2D eigenvalue weighted by Gasteiger charge is 2.40. The average Bonchev–Trinajstić information content (AvgIpc) is 2.90. The molecule has 142 valence electrons. The number of nitrogens with zero attached hydrogens (tertiary/aromatic N) is 2. The van der Waals surface area contributed by atoms with Crippen molar-refractivity contribution in [3.8, 4) is 0 Å². The minimum absolute atomic E-state index is 0.182. The smallest absolute Gasteiger partial charge is 0.321 e. The summed E-state index contributed by atoms with van der Waals surface area (Å²) in [6.45, 7) is 2.10. The second-order valence-corrected chi connectivity index (χ2v) is 6.30. The highest BCUT2D eigenvalue weighted by atomic mass is 19.4. The molecule has 0 fully saturated rings. The highest BCUT2D eigenvalue weighted by Crippen LogP contribution is 2.35. The van der Waals surface area contributed by atoms with Gasteiger partial charge in [-0.05, 0) is 37.5 Å². The predicted molar refractivity (Wildman–Crippen MR) is 82.5 cm³/mol. The zero-order valence-electron chi connectivity index (χ0n) is 13.9. The van der Waals surface area contributed by atoms with Crippen molar-refractivity contribution in [1.29, 1.82) is 0 Å². The van der Waals surface area contributed by atoms with E-state index in [0.717, 1.165) is 12.1 Å². The van der Waals surface area contributed by atoms with Gasteiger partial charge in [-0.15, -0.1) is 0 Å². The van der Waals surface area contributed by atoms with Gasteiger partial charge in [0.15, 0.2) is 0 Å². The Hall–Kier alpha value is -2.03. The number of hydrogen-bond donors (Lipinski definition) is 1. The van der Waals surface area contributed by atoms with Crippen LogP contribution in [0, 0.1) is 6.92 Å². The molecule has 1 aliphatic rings. The van der Waals surface area contributed by atoms with E-state index in [2.05, 4.69) is 10.3 Å². The first-order chi connectivity index (χ1) is 12.1. The molecule has 1 atom stereocenters. The van der Waals surface area contributed by atoms with E-state index in [0.29, 0.717) is 36.3 Å². The standard InChI is InChI=1S/C17H17F6N3/c1-10-14-13(24-8-9-26(14)15(25-10)17(21,22)23)7-4-11-2-5-12(6-3-11)16(18,19)20/h2-3,5-6,13,24H,4,7-9H2,1H3. The lowest BCUT2D eigenvalue weighted by Gasteiger charge is -2.27. The van der Waals surface area contributed by atoms with Crippen LogP contribution in [0.3, 0.4) is 0 Å². The van der Waals surface area contributed by atoms with E-state index in [4.69, 9.17) is 0 Å². The van der Waals surface area contributed by atoms with E-state index < -0.39 is 23.7 Å². The third kappa shape index (κ3) is 3.72. The maximum atomic E-state index is 13.1. The van der Waals surface area contributed by atoms with Gasteiger partial charge in [-0.25, -0.2) is 4.98 Å². The van der Waals surface area contributed by atoms with Crippen LogP contribution in [0.4, 0.5) is 26.3 Å². The third-order valence-electron chi connectivity index (χ3n) is 4.50. The van der Waals surface area contributed by atoms with Crippen molar-refractivity contribution in [2.45, 2.75) is 44.7 Å². The lowest BCUT2D eigenvalue weighted by molar-refractivity contribution is -0.147. The zero-order chi connectivity index (χ0) is 19.1. The van der Waals surface area contributed by atoms with Crippen LogP contribution in [0.15, 0.2) is 24.3 Å². The molecule has 26 heavy (non-hydrogen) atoms. The average molecular weight is 377 g/mol. The van der Waals surface area contributed by atoms with Crippen molar-refractivity contribution in [3.63, 3.8) is 0 Å². The van der Waals surface area contributed by atoms with Crippen LogP contribution < -0.4 is 5.32 Å². The molecule has 1 aromatic heterocycles. The summed E-state index contributed by atoms with van der Waals surface area (Å²) in [6, 6.07) is 4.50. The van der Waals surface area contributed by atoms with Gasteiger partial charge in [0.25, 0.3) is 0 Å². The molecule has 0 bridgehead atoms. The van der Waals surface area contributed by atoms with Crippen LogP contribution in [-0.4, -0.2) is 16.1 Å². The molecule has 2 aromatic rings. The number of benzene rings is 1. The first-order valence-electron chi connectivity index (χ1n) is 8.11. The summed E-state index contributed by atoms with van der Waals surface area (Å²) in [6.07, 6.45) is -7.99. The van der Waals surface area contributed by atoms with Gasteiger partial charge < -0.3 is 9.88 Å². The number of aromatic nitrogens is 2. The second-order valence-electron chi connectivity index (χ2n) is 6.30. The molecule has 0 spiro atoms. The van der Waals surface area contributed by atoms with Crippen LogP contribution in [0.5, 0.6) is 0 Å². The Morgan fingerprint density at radius 1 is 1.08 bits per heavy atom. The van der Waals surface area contributed by atoms with Crippen molar-refractivity contribution in [2.75, 3.05) is 6.54 Å². The number of hydrogen-bond acceptors (Lipinski definition) is 2. The molecule has 1 aromatic carbocycles. The maximum Gasteiger partial charge on any atom is 0.449 e. The molecule has 2 heterocycles. The number of halogens is 6. The molecule has 0 radical (unpaired) electrons. The van der Waals surface area contributed by atoms with Crippen molar-refractivity contribution >= 4 is 0 Å². The summed E-state index contributed by atoms with van der Waals surface area (Å²) in [5, 5.41) is 3.18. The zero-order valence-corrected chi connectivity index (χ0v) is 13.9. The van der Waals surface area contributed by atoms with E-state index in [9.17, 15) is 26.3 Å². The summed E-state index contributed by atoms with van der Waals surface area (Å²) >= 11 is 0. The maximum absolute atomic E-state index is 13.1. The number of rotatable bonds is 3. The van der Waals surface area contributed by atoms with Gasteiger partial charge in [0.05, 0.1) is 17.0 Å². The van der Waals surface area contributed by atoms with Crippen molar-refractivity contribution in [3.05, 3.63) is 52.6 Å². The lowest BCUT2D eigenvalue weighted by Crippen LogP contribution is -2.35. The summed E-state index contributed by atoms with van der Waals surface area (Å²) < 4.78 is 78.3. The highest BCUT2D eigenvalue weighted by molar-refractivity contribution is 5.26.